The van der Waals surface area contributed by atoms with Crippen LogP contribution in [-0.4, -0.2) is 48.7 Å². The summed E-state index contributed by atoms with van der Waals surface area (Å²) in [5, 5.41) is 3.78. The highest BCUT2D eigenvalue weighted by Crippen LogP contribution is 2.29. The maximum absolute atomic E-state index is 12.4. The Balaban J connectivity index is 1.66. The van der Waals surface area contributed by atoms with Crippen LogP contribution in [0.25, 0.3) is 0 Å². The zero-order valence-electron chi connectivity index (χ0n) is 13.5. The van der Waals surface area contributed by atoms with Crippen LogP contribution in [0.4, 0.5) is 5.69 Å². The highest BCUT2D eigenvalue weighted by molar-refractivity contribution is 5.91. The number of hydrogen-bond acceptors (Lipinski definition) is 5. The molecule has 23 heavy (non-hydrogen) atoms. The quantitative estimate of drug-likeness (QED) is 0.867. The van der Waals surface area contributed by atoms with Gasteiger partial charge >= 0.3 is 0 Å². The van der Waals surface area contributed by atoms with Crippen molar-refractivity contribution in [3.8, 4) is 5.75 Å². The number of benzene rings is 1. The number of amides is 1. The summed E-state index contributed by atoms with van der Waals surface area (Å²) in [5.74, 6) is 1.11. The minimum Gasteiger partial charge on any atom is -0.492 e. The molecule has 0 bridgehead atoms. The van der Waals surface area contributed by atoms with E-state index in [-0.39, 0.29) is 5.91 Å². The van der Waals surface area contributed by atoms with Gasteiger partial charge in [0, 0.05) is 32.2 Å². The Bertz CT molecular complexity index is 675. The van der Waals surface area contributed by atoms with Crippen molar-refractivity contribution in [2.24, 2.45) is 0 Å². The van der Waals surface area contributed by atoms with Gasteiger partial charge in [-0.2, -0.15) is 0 Å². The number of piperazine rings is 1. The van der Waals surface area contributed by atoms with Gasteiger partial charge < -0.3 is 19.1 Å². The van der Waals surface area contributed by atoms with E-state index in [1.165, 1.54) is 0 Å². The second-order valence-electron chi connectivity index (χ2n) is 5.51. The molecule has 1 aliphatic rings. The van der Waals surface area contributed by atoms with Crippen LogP contribution in [-0.2, 0) is 0 Å². The fraction of sp³-hybridized carbons (Fsp3) is 0.412. The monoisotopic (exact) mass is 315 g/mol. The van der Waals surface area contributed by atoms with Gasteiger partial charge in [0.2, 0.25) is 5.76 Å². The Kier molecular flexibility index (Phi) is 4.50. The molecular formula is C17H21N3O3. The Morgan fingerprint density at radius 2 is 2.00 bits per heavy atom. The number of aromatic nitrogens is 1. The molecule has 1 aliphatic heterocycles. The summed E-state index contributed by atoms with van der Waals surface area (Å²) < 4.78 is 10.8. The third-order valence-electron chi connectivity index (χ3n) is 3.91. The van der Waals surface area contributed by atoms with Gasteiger partial charge in [0.15, 0.2) is 0 Å². The van der Waals surface area contributed by atoms with Crippen molar-refractivity contribution in [3.63, 3.8) is 0 Å². The Hall–Kier alpha value is -2.50. The van der Waals surface area contributed by atoms with Gasteiger partial charge in [-0.1, -0.05) is 17.3 Å². The van der Waals surface area contributed by atoms with Crippen molar-refractivity contribution in [2.45, 2.75) is 13.8 Å². The zero-order chi connectivity index (χ0) is 16.2. The molecule has 0 spiro atoms. The number of para-hydroxylation sites is 2. The number of rotatable bonds is 4. The van der Waals surface area contributed by atoms with Gasteiger partial charge in [0.1, 0.15) is 5.75 Å². The number of hydrogen-bond donors (Lipinski definition) is 0. The first-order valence-electron chi connectivity index (χ1n) is 7.88. The molecule has 6 nitrogen and oxygen atoms in total. The minimum atomic E-state index is -0.0941. The van der Waals surface area contributed by atoms with Gasteiger partial charge in [0.25, 0.3) is 5.91 Å². The normalized spacial score (nSPS) is 14.9. The van der Waals surface area contributed by atoms with Crippen molar-refractivity contribution < 1.29 is 14.1 Å². The lowest BCUT2D eigenvalue weighted by Crippen LogP contribution is -2.48. The second kappa shape index (κ2) is 6.73. The second-order valence-corrected chi connectivity index (χ2v) is 5.51. The maximum atomic E-state index is 12.4. The summed E-state index contributed by atoms with van der Waals surface area (Å²) >= 11 is 0. The number of nitrogens with zero attached hydrogens (tertiary/aromatic N) is 3. The first-order chi connectivity index (χ1) is 11.2. The van der Waals surface area contributed by atoms with Crippen LogP contribution in [0.1, 0.15) is 23.2 Å². The molecule has 1 amide bonds. The number of ether oxygens (including phenoxy) is 1. The molecule has 1 fully saturated rings. The number of carbonyl (C=O) groups is 1. The van der Waals surface area contributed by atoms with E-state index in [1.54, 1.807) is 11.0 Å². The van der Waals surface area contributed by atoms with Gasteiger partial charge in [-0.15, -0.1) is 0 Å². The molecule has 1 aromatic heterocycles. The standard InChI is InChI=1S/C17H21N3O3/c1-3-22-15-7-5-4-6-14(15)19-8-10-20(11-9-19)17(21)16-12-13(2)18-23-16/h4-7,12H,3,8-11H2,1-2H3. The van der Waals surface area contributed by atoms with E-state index in [0.29, 0.717) is 25.5 Å². The summed E-state index contributed by atoms with van der Waals surface area (Å²) in [6.07, 6.45) is 0. The molecule has 1 aromatic carbocycles. The van der Waals surface area contributed by atoms with Crippen LogP contribution in [0.15, 0.2) is 34.9 Å². The molecular weight excluding hydrogens is 294 g/mol. The van der Waals surface area contributed by atoms with E-state index in [4.69, 9.17) is 9.26 Å². The molecule has 0 aliphatic carbocycles. The molecule has 0 N–H and O–H groups in total. The molecule has 1 saturated heterocycles. The fourth-order valence-electron chi connectivity index (χ4n) is 2.77. The Morgan fingerprint density at radius 1 is 1.26 bits per heavy atom. The molecule has 0 saturated carbocycles. The molecule has 2 aromatic rings. The SMILES string of the molecule is CCOc1ccccc1N1CCN(C(=O)c2cc(C)no2)CC1. The summed E-state index contributed by atoms with van der Waals surface area (Å²) in [5.41, 5.74) is 1.80. The molecule has 3 rings (SSSR count). The number of carbonyl (C=O) groups excluding carboxylic acids is 1. The largest absolute Gasteiger partial charge is 0.492 e. The predicted molar refractivity (Wildman–Crippen MR) is 87.0 cm³/mol. The van der Waals surface area contributed by atoms with Crippen molar-refractivity contribution in [1.82, 2.24) is 10.1 Å². The van der Waals surface area contributed by atoms with Crippen molar-refractivity contribution >= 4 is 11.6 Å². The topological polar surface area (TPSA) is 58.8 Å². The molecule has 6 heteroatoms. The van der Waals surface area contributed by atoms with E-state index in [0.717, 1.165) is 30.2 Å². The van der Waals surface area contributed by atoms with Gasteiger partial charge in [-0.05, 0) is 26.0 Å². The zero-order valence-corrected chi connectivity index (χ0v) is 13.5. The van der Waals surface area contributed by atoms with E-state index in [9.17, 15) is 4.79 Å². The summed E-state index contributed by atoms with van der Waals surface area (Å²) in [7, 11) is 0. The molecule has 0 radical (unpaired) electrons. The van der Waals surface area contributed by atoms with Gasteiger partial charge in [0.05, 0.1) is 18.0 Å². The lowest BCUT2D eigenvalue weighted by Gasteiger charge is -2.36. The van der Waals surface area contributed by atoms with Crippen LogP contribution in [0.5, 0.6) is 5.75 Å². The van der Waals surface area contributed by atoms with Crippen LogP contribution >= 0.6 is 0 Å². The van der Waals surface area contributed by atoms with Crippen LogP contribution < -0.4 is 9.64 Å². The van der Waals surface area contributed by atoms with E-state index in [1.807, 2.05) is 32.0 Å². The highest BCUT2D eigenvalue weighted by atomic mass is 16.5. The number of anilines is 1. The van der Waals surface area contributed by atoms with Crippen LogP contribution in [0, 0.1) is 6.92 Å². The molecule has 2 heterocycles. The lowest BCUT2D eigenvalue weighted by atomic mass is 10.2. The van der Waals surface area contributed by atoms with E-state index >= 15 is 0 Å². The summed E-state index contributed by atoms with van der Waals surface area (Å²) in [4.78, 5) is 16.4. The van der Waals surface area contributed by atoms with Crippen molar-refractivity contribution in [1.29, 1.82) is 0 Å². The first kappa shape index (κ1) is 15.4. The Morgan fingerprint density at radius 3 is 2.65 bits per heavy atom. The van der Waals surface area contributed by atoms with Crippen molar-refractivity contribution in [3.05, 3.63) is 41.8 Å². The number of aryl methyl sites for hydroxylation is 1. The third-order valence-corrected chi connectivity index (χ3v) is 3.91. The average Bonchev–Trinajstić information content (AvgIpc) is 3.02. The molecule has 0 atom stereocenters. The van der Waals surface area contributed by atoms with Gasteiger partial charge in [-0.25, -0.2) is 0 Å². The van der Waals surface area contributed by atoms with Crippen LogP contribution in [0.2, 0.25) is 0 Å². The van der Waals surface area contributed by atoms with Crippen LogP contribution in [0.3, 0.4) is 0 Å². The predicted octanol–water partition coefficient (Wildman–Crippen LogP) is 2.34. The minimum absolute atomic E-state index is 0.0941. The van der Waals surface area contributed by atoms with Crippen molar-refractivity contribution in [2.75, 3.05) is 37.7 Å². The Labute approximate surface area is 135 Å². The van der Waals surface area contributed by atoms with Gasteiger partial charge in [-0.3, -0.25) is 4.79 Å². The van der Waals surface area contributed by atoms with E-state index in [2.05, 4.69) is 16.1 Å². The smallest absolute Gasteiger partial charge is 0.292 e. The first-order valence-corrected chi connectivity index (χ1v) is 7.88. The average molecular weight is 315 g/mol. The summed E-state index contributed by atoms with van der Waals surface area (Å²) in [6.45, 7) is 7.26. The molecule has 122 valence electrons. The maximum Gasteiger partial charge on any atom is 0.292 e. The fourth-order valence-corrected chi connectivity index (χ4v) is 2.77. The van der Waals surface area contributed by atoms with E-state index < -0.39 is 0 Å². The lowest BCUT2D eigenvalue weighted by molar-refractivity contribution is 0.0704. The third kappa shape index (κ3) is 3.31. The molecule has 0 unspecified atom stereocenters. The highest BCUT2D eigenvalue weighted by Gasteiger charge is 2.25. The summed E-state index contributed by atoms with van der Waals surface area (Å²) in [6, 6.07) is 9.70.